The first kappa shape index (κ1) is 51.0. The zero-order chi connectivity index (χ0) is 46.9. The number of carbonyl (C=O) groups is 2. The molecule has 0 aliphatic carbocycles. The Balaban J connectivity index is 0.000000177. The first-order valence-corrected chi connectivity index (χ1v) is 23.5. The molecular weight excluding hydrogens is 977 g/mol. The van der Waals surface area contributed by atoms with Gasteiger partial charge in [-0.05, 0) is 86.3 Å². The van der Waals surface area contributed by atoms with Crippen LogP contribution in [0.2, 0.25) is 20.1 Å². The molecule has 10 rings (SSSR count). The number of carbonyl (C=O) groups excluding carboxylic acids is 1. The fourth-order valence-corrected chi connectivity index (χ4v) is 8.75. The third-order valence-electron chi connectivity index (χ3n) is 11.0. The van der Waals surface area contributed by atoms with Crippen molar-refractivity contribution in [1.29, 1.82) is 0 Å². The van der Waals surface area contributed by atoms with Gasteiger partial charge >= 0.3 is 5.97 Å². The summed E-state index contributed by atoms with van der Waals surface area (Å²) >= 11 is 34.0. The lowest BCUT2D eigenvalue weighted by molar-refractivity contribution is -0.133. The lowest BCUT2D eigenvalue weighted by atomic mass is 9.94. The highest BCUT2D eigenvalue weighted by molar-refractivity contribution is 6.42. The van der Waals surface area contributed by atoms with Crippen LogP contribution in [0.5, 0.6) is 0 Å². The molecule has 6 aromatic rings. The number of aromatic nitrogens is 4. The van der Waals surface area contributed by atoms with Crippen LogP contribution in [0.25, 0.3) is 0 Å². The van der Waals surface area contributed by atoms with Crippen molar-refractivity contribution in [3.05, 3.63) is 175 Å². The molecule has 2 atom stereocenters. The van der Waals surface area contributed by atoms with Crippen LogP contribution in [0, 0.1) is 0 Å². The highest BCUT2D eigenvalue weighted by Gasteiger charge is 2.38. The van der Waals surface area contributed by atoms with Crippen LogP contribution < -0.4 is 26.1 Å². The van der Waals surface area contributed by atoms with Crippen LogP contribution in [-0.2, 0) is 9.59 Å². The number of nitrogens with one attached hydrogen (secondary N) is 3. The number of benzene rings is 4. The van der Waals surface area contributed by atoms with E-state index in [9.17, 15) is 14.7 Å². The van der Waals surface area contributed by atoms with Crippen molar-refractivity contribution in [1.82, 2.24) is 30.0 Å². The zero-order valence-electron chi connectivity index (χ0n) is 35.8. The Hall–Kier alpha value is -5.38. The summed E-state index contributed by atoms with van der Waals surface area (Å²) in [6.07, 6.45) is 5.49. The van der Waals surface area contributed by atoms with Gasteiger partial charge in [-0.15, -0.1) is 23.2 Å². The monoisotopic (exact) mass is 1020 g/mol. The lowest BCUT2D eigenvalue weighted by Crippen LogP contribution is -2.44. The van der Waals surface area contributed by atoms with E-state index in [1.165, 1.54) is 12.1 Å². The zero-order valence-corrected chi connectivity index (χ0v) is 40.3. The van der Waals surface area contributed by atoms with E-state index in [2.05, 4.69) is 55.5 Å². The lowest BCUT2D eigenvalue weighted by Gasteiger charge is -2.35. The first-order valence-electron chi connectivity index (χ1n) is 20.9. The molecule has 0 radical (unpaired) electrons. The number of aliphatic carboxylic acids is 1. The normalized spacial score (nSPS) is 17.0. The number of hydrogen-bond acceptors (Lipinski definition) is 9. The van der Waals surface area contributed by atoms with E-state index < -0.39 is 18.1 Å². The average molecular weight is 1030 g/mol. The van der Waals surface area contributed by atoms with Crippen molar-refractivity contribution in [2.45, 2.75) is 46.2 Å². The van der Waals surface area contributed by atoms with E-state index in [-0.39, 0.29) is 24.2 Å². The molecule has 19 heteroatoms. The SMILES string of the molecule is C.CC1=C(C(=O)N2CCCN2c2ccccc2)C(c2ccc(Cl)c(Cl)c2)n2nccc2N1.CC1=C(C(=O)O)C(c2ccc(Cl)c(Cl)c2)n2nccc2N1.ClCCl.c1ccc(N2CCCN2)cc1. The van der Waals surface area contributed by atoms with Gasteiger partial charge in [0.05, 0.1) is 60.3 Å². The van der Waals surface area contributed by atoms with Gasteiger partial charge in [0.2, 0.25) is 0 Å². The van der Waals surface area contributed by atoms with Crippen LogP contribution in [0.15, 0.2) is 144 Å². The number of alkyl halides is 2. The Morgan fingerprint density at radius 2 is 1.13 bits per heavy atom. The van der Waals surface area contributed by atoms with Crippen molar-refractivity contribution in [2.24, 2.45) is 0 Å². The van der Waals surface area contributed by atoms with Gasteiger partial charge < -0.3 is 20.7 Å². The smallest absolute Gasteiger partial charge is 0.335 e. The summed E-state index contributed by atoms with van der Waals surface area (Å²) < 4.78 is 3.44. The molecule has 6 heterocycles. The van der Waals surface area contributed by atoms with Gasteiger partial charge in [-0.3, -0.25) is 9.80 Å². The van der Waals surface area contributed by atoms with Crippen LogP contribution in [0.3, 0.4) is 0 Å². The van der Waals surface area contributed by atoms with Gasteiger partial charge in [0, 0.05) is 49.7 Å². The average Bonchev–Trinajstić information content (AvgIpc) is 4.17. The number of para-hydroxylation sites is 2. The van der Waals surface area contributed by atoms with E-state index in [1.807, 2.05) is 76.2 Å². The van der Waals surface area contributed by atoms with Gasteiger partial charge in [0.25, 0.3) is 5.91 Å². The second kappa shape index (κ2) is 23.6. The Morgan fingerprint density at radius 1 is 0.642 bits per heavy atom. The predicted octanol–water partition coefficient (Wildman–Crippen LogP) is 12.2. The van der Waals surface area contributed by atoms with E-state index in [0.717, 1.165) is 54.6 Å². The first-order chi connectivity index (χ1) is 31.9. The molecule has 2 saturated heterocycles. The molecule has 2 aromatic heterocycles. The number of nitrogens with zero attached hydrogens (tertiary/aromatic N) is 7. The molecule has 0 bridgehead atoms. The third kappa shape index (κ3) is 11.7. The second-order valence-electron chi connectivity index (χ2n) is 15.2. The summed E-state index contributed by atoms with van der Waals surface area (Å²) in [6.45, 7) is 7.34. The van der Waals surface area contributed by atoms with Crippen LogP contribution >= 0.6 is 69.6 Å². The van der Waals surface area contributed by atoms with Gasteiger partial charge in [-0.25, -0.2) is 24.6 Å². The fraction of sp³-hybridized carbons (Fsp3) is 0.250. The maximum Gasteiger partial charge on any atom is 0.335 e. The number of amides is 1. The number of rotatable bonds is 6. The topological polar surface area (TPSA) is 136 Å². The molecule has 4 aliphatic heterocycles. The van der Waals surface area contributed by atoms with Crippen molar-refractivity contribution >= 4 is 104 Å². The second-order valence-corrected chi connectivity index (χ2v) is 17.6. The van der Waals surface area contributed by atoms with Crippen LogP contribution in [0.4, 0.5) is 23.0 Å². The summed E-state index contributed by atoms with van der Waals surface area (Å²) in [5.74, 6) is 0.501. The molecule has 13 nitrogen and oxygen atoms in total. The summed E-state index contributed by atoms with van der Waals surface area (Å²) in [5, 5.41) is 32.6. The standard InChI is InChI=1S/C23H21Cl2N5O.C14H11Cl2N3O2.C9H12N2.CH2Cl2.CH4/c1-15-21(23(31)29-13-5-12-28(29)17-6-3-2-4-7-17)22(30-20(27-15)10-11-26-30)16-8-9-18(24)19(25)14-16;1-7-12(14(20)21)13(19-11(18-7)4-5-17-19)8-2-3-9(15)10(16)6-8;1-2-5-9(6-3-1)11-8-4-7-10-11;2-1-3;/h2-4,6-11,14,22,27H,5,12-13H2,1H3;2-6,13,18H,1H3,(H,20,21);1-3,5-6,10H,4,7-8H2;1H2;1H4. The van der Waals surface area contributed by atoms with Crippen LogP contribution in [0.1, 0.15) is 57.3 Å². The van der Waals surface area contributed by atoms with Crippen molar-refractivity contribution in [3.8, 4) is 0 Å². The number of carboxylic acid groups (broad SMARTS) is 1. The molecule has 4 aromatic carbocycles. The summed E-state index contributed by atoms with van der Waals surface area (Å²) in [7, 11) is 0. The van der Waals surface area contributed by atoms with E-state index in [0.29, 0.717) is 43.5 Å². The predicted molar refractivity (Wildman–Crippen MR) is 274 cm³/mol. The Morgan fingerprint density at radius 3 is 1.61 bits per heavy atom. The third-order valence-corrected chi connectivity index (χ3v) is 12.5. The number of hydrogen-bond donors (Lipinski definition) is 4. The van der Waals surface area contributed by atoms with E-state index in [1.54, 1.807) is 54.3 Å². The van der Waals surface area contributed by atoms with Crippen molar-refractivity contribution in [2.75, 3.05) is 52.2 Å². The number of allylic oxidation sites excluding steroid dienone is 2. The molecular formula is C48H50Cl6N10O3. The molecule has 2 fully saturated rings. The summed E-state index contributed by atoms with van der Waals surface area (Å²) in [4.78, 5) is 25.6. The molecule has 4 aliphatic rings. The van der Waals surface area contributed by atoms with E-state index >= 15 is 0 Å². The Labute approximate surface area is 420 Å². The summed E-state index contributed by atoms with van der Waals surface area (Å²) in [5.41, 5.74) is 9.39. The van der Waals surface area contributed by atoms with Gasteiger partial charge in [-0.2, -0.15) is 10.2 Å². The number of hydrazine groups is 2. The van der Waals surface area contributed by atoms with Crippen molar-refractivity contribution in [3.63, 3.8) is 0 Å². The maximum absolute atomic E-state index is 13.9. The minimum Gasteiger partial charge on any atom is -0.478 e. The minimum atomic E-state index is -1.00. The Bertz CT molecular complexity index is 2710. The minimum absolute atomic E-state index is 0. The van der Waals surface area contributed by atoms with Crippen LogP contribution in [-0.4, -0.2) is 73.1 Å². The molecule has 0 saturated carbocycles. The molecule has 0 spiro atoms. The Kier molecular flexibility index (Phi) is 17.9. The number of anilines is 4. The molecule has 2 unspecified atom stereocenters. The molecule has 1 amide bonds. The summed E-state index contributed by atoms with van der Waals surface area (Å²) in [6, 6.07) is 33.7. The van der Waals surface area contributed by atoms with E-state index in [4.69, 9.17) is 69.6 Å². The maximum atomic E-state index is 13.9. The fourth-order valence-electron chi connectivity index (χ4n) is 8.14. The highest BCUT2D eigenvalue weighted by atomic mass is 35.5. The quantitative estimate of drug-likeness (QED) is 0.119. The van der Waals surface area contributed by atoms with Crippen molar-refractivity contribution < 1.29 is 14.7 Å². The largest absolute Gasteiger partial charge is 0.478 e. The van der Waals surface area contributed by atoms with Gasteiger partial charge in [0.15, 0.2) is 0 Å². The molecule has 67 heavy (non-hydrogen) atoms. The number of carboxylic acids is 1. The highest BCUT2D eigenvalue weighted by Crippen LogP contribution is 2.40. The molecule has 352 valence electrons. The van der Waals surface area contributed by atoms with Gasteiger partial charge in [0.1, 0.15) is 23.7 Å². The van der Waals surface area contributed by atoms with Gasteiger partial charge in [-0.1, -0.05) is 102 Å². The number of halogens is 6. The number of fused-ring (bicyclic) bond motifs is 2. The molecule has 4 N–H and O–H groups in total.